The minimum absolute atomic E-state index is 0.917. The quantitative estimate of drug-likeness (QED) is 0.715. The second-order valence-corrected chi connectivity index (χ2v) is 5.41. The Labute approximate surface area is 125 Å². The fraction of sp³-hybridized carbons (Fsp3) is 0.211. The van der Waals surface area contributed by atoms with E-state index in [1.807, 2.05) is 12.3 Å². The molecule has 21 heavy (non-hydrogen) atoms. The molecule has 0 bridgehead atoms. The van der Waals surface area contributed by atoms with E-state index in [2.05, 4.69) is 65.8 Å². The Morgan fingerprint density at radius 3 is 2.76 bits per heavy atom. The van der Waals surface area contributed by atoms with Crippen molar-refractivity contribution in [1.29, 1.82) is 0 Å². The van der Waals surface area contributed by atoms with Crippen LogP contribution in [0.4, 0.5) is 0 Å². The normalized spacial score (nSPS) is 10.9. The van der Waals surface area contributed by atoms with E-state index in [9.17, 15) is 0 Å². The highest BCUT2D eigenvalue weighted by Crippen LogP contribution is 2.16. The Hall–Kier alpha value is -2.19. The number of benzene rings is 2. The van der Waals surface area contributed by atoms with Gasteiger partial charge in [-0.25, -0.2) is 0 Å². The topological polar surface area (TPSA) is 24.9 Å². The lowest BCUT2D eigenvalue weighted by Crippen LogP contribution is -2.16. The molecule has 0 saturated carbocycles. The van der Waals surface area contributed by atoms with Crippen LogP contribution in [0.25, 0.3) is 10.9 Å². The summed E-state index contributed by atoms with van der Waals surface area (Å²) in [5.74, 6) is 0. The predicted octanol–water partition coefficient (Wildman–Crippen LogP) is 3.88. The molecular formula is C19H20N2. The number of para-hydroxylation sites is 1. The molecule has 2 aromatic carbocycles. The van der Waals surface area contributed by atoms with Gasteiger partial charge >= 0.3 is 0 Å². The maximum atomic E-state index is 4.50. The zero-order valence-corrected chi connectivity index (χ0v) is 12.3. The molecule has 1 heterocycles. The van der Waals surface area contributed by atoms with Crippen molar-refractivity contribution in [2.75, 3.05) is 6.54 Å². The van der Waals surface area contributed by atoms with Crippen LogP contribution in [0.3, 0.4) is 0 Å². The second-order valence-electron chi connectivity index (χ2n) is 5.41. The van der Waals surface area contributed by atoms with Crippen molar-refractivity contribution < 1.29 is 0 Å². The van der Waals surface area contributed by atoms with E-state index < -0.39 is 0 Å². The van der Waals surface area contributed by atoms with Crippen molar-refractivity contribution in [3.8, 4) is 0 Å². The van der Waals surface area contributed by atoms with Gasteiger partial charge in [0.15, 0.2) is 0 Å². The van der Waals surface area contributed by atoms with E-state index in [1.165, 1.54) is 22.1 Å². The van der Waals surface area contributed by atoms with Crippen LogP contribution in [0.1, 0.15) is 16.7 Å². The molecule has 0 fully saturated rings. The third kappa shape index (κ3) is 3.47. The summed E-state index contributed by atoms with van der Waals surface area (Å²) in [6.45, 7) is 4.01. The van der Waals surface area contributed by atoms with Crippen LogP contribution >= 0.6 is 0 Å². The average molecular weight is 276 g/mol. The highest BCUT2D eigenvalue weighted by Gasteiger charge is 2.01. The number of nitrogens with zero attached hydrogens (tertiary/aromatic N) is 1. The molecule has 0 amide bonds. The van der Waals surface area contributed by atoms with E-state index in [-0.39, 0.29) is 0 Å². The second kappa shape index (κ2) is 6.51. The first-order chi connectivity index (χ1) is 10.3. The van der Waals surface area contributed by atoms with Gasteiger partial charge in [0.05, 0.1) is 5.52 Å². The van der Waals surface area contributed by atoms with Crippen LogP contribution in [0.15, 0.2) is 60.8 Å². The Kier molecular flexibility index (Phi) is 4.27. The van der Waals surface area contributed by atoms with Crippen LogP contribution in [0, 0.1) is 6.92 Å². The zero-order valence-electron chi connectivity index (χ0n) is 12.3. The maximum Gasteiger partial charge on any atom is 0.0734 e. The standard InChI is InChI=1S/C19H20N2/c1-15-5-2-6-16(13-15)14-20-12-10-18-8-3-7-17-9-4-11-21-19(17)18/h2-9,11,13,20H,10,12,14H2,1H3. The van der Waals surface area contributed by atoms with Crippen molar-refractivity contribution in [3.63, 3.8) is 0 Å². The van der Waals surface area contributed by atoms with Gasteiger partial charge in [0.1, 0.15) is 0 Å². The first-order valence-corrected chi connectivity index (χ1v) is 7.42. The minimum Gasteiger partial charge on any atom is -0.312 e. The lowest BCUT2D eigenvalue weighted by molar-refractivity contribution is 0.688. The summed E-state index contributed by atoms with van der Waals surface area (Å²) < 4.78 is 0. The highest BCUT2D eigenvalue weighted by molar-refractivity contribution is 5.81. The van der Waals surface area contributed by atoms with Crippen LogP contribution < -0.4 is 5.32 Å². The number of rotatable bonds is 5. The van der Waals surface area contributed by atoms with Crippen LogP contribution in [0.5, 0.6) is 0 Å². The summed E-state index contributed by atoms with van der Waals surface area (Å²) in [6, 6.07) is 19.1. The van der Waals surface area contributed by atoms with Crippen molar-refractivity contribution in [2.24, 2.45) is 0 Å². The van der Waals surface area contributed by atoms with E-state index in [1.54, 1.807) is 0 Å². The Morgan fingerprint density at radius 1 is 1.00 bits per heavy atom. The van der Waals surface area contributed by atoms with E-state index >= 15 is 0 Å². The summed E-state index contributed by atoms with van der Waals surface area (Å²) in [7, 11) is 0. The summed E-state index contributed by atoms with van der Waals surface area (Å²) in [4.78, 5) is 4.50. The first-order valence-electron chi connectivity index (χ1n) is 7.42. The van der Waals surface area contributed by atoms with Gasteiger partial charge in [0.2, 0.25) is 0 Å². The number of hydrogen-bond acceptors (Lipinski definition) is 2. The number of aromatic nitrogens is 1. The Bertz CT molecular complexity index is 729. The molecule has 0 aliphatic carbocycles. The van der Waals surface area contributed by atoms with Gasteiger partial charge in [-0.1, -0.05) is 54.1 Å². The predicted molar refractivity (Wildman–Crippen MR) is 88.3 cm³/mol. The summed E-state index contributed by atoms with van der Waals surface area (Å²) in [5, 5.41) is 4.73. The van der Waals surface area contributed by atoms with Crippen LogP contribution in [-0.4, -0.2) is 11.5 Å². The smallest absolute Gasteiger partial charge is 0.0734 e. The molecule has 1 aromatic heterocycles. The molecule has 0 radical (unpaired) electrons. The SMILES string of the molecule is Cc1cccc(CNCCc2cccc3cccnc23)c1. The molecule has 0 aliphatic rings. The van der Waals surface area contributed by atoms with E-state index in [0.29, 0.717) is 0 Å². The first kappa shape index (κ1) is 13.8. The van der Waals surface area contributed by atoms with Crippen molar-refractivity contribution in [1.82, 2.24) is 10.3 Å². The Morgan fingerprint density at radius 2 is 1.86 bits per heavy atom. The van der Waals surface area contributed by atoms with Gasteiger partial charge in [-0.3, -0.25) is 4.98 Å². The van der Waals surface area contributed by atoms with Crippen LogP contribution in [-0.2, 0) is 13.0 Å². The molecule has 0 saturated heterocycles. The summed E-state index contributed by atoms with van der Waals surface area (Å²) in [6.07, 6.45) is 2.87. The lowest BCUT2D eigenvalue weighted by atomic mass is 10.1. The molecule has 2 nitrogen and oxygen atoms in total. The highest BCUT2D eigenvalue weighted by atomic mass is 14.8. The summed E-state index contributed by atoms with van der Waals surface area (Å²) >= 11 is 0. The third-order valence-electron chi connectivity index (χ3n) is 3.70. The molecule has 2 heteroatoms. The number of nitrogens with one attached hydrogen (secondary N) is 1. The molecule has 3 aromatic rings. The zero-order chi connectivity index (χ0) is 14.5. The van der Waals surface area contributed by atoms with Crippen molar-refractivity contribution >= 4 is 10.9 Å². The monoisotopic (exact) mass is 276 g/mol. The van der Waals surface area contributed by atoms with Gasteiger partial charge in [0, 0.05) is 18.1 Å². The lowest BCUT2D eigenvalue weighted by Gasteiger charge is -2.08. The average Bonchev–Trinajstić information content (AvgIpc) is 2.52. The van der Waals surface area contributed by atoms with Crippen LogP contribution in [0.2, 0.25) is 0 Å². The van der Waals surface area contributed by atoms with Crippen molar-refractivity contribution in [3.05, 3.63) is 77.5 Å². The fourth-order valence-electron chi connectivity index (χ4n) is 2.65. The number of fused-ring (bicyclic) bond motifs is 1. The van der Waals surface area contributed by atoms with Gasteiger partial charge in [-0.05, 0) is 37.1 Å². The number of aryl methyl sites for hydroxylation is 1. The number of pyridine rings is 1. The maximum absolute atomic E-state index is 4.50. The molecule has 0 spiro atoms. The molecule has 1 N–H and O–H groups in total. The third-order valence-corrected chi connectivity index (χ3v) is 3.70. The minimum atomic E-state index is 0.917. The van der Waals surface area contributed by atoms with Gasteiger partial charge < -0.3 is 5.32 Å². The molecular weight excluding hydrogens is 256 g/mol. The molecule has 0 atom stereocenters. The molecule has 3 rings (SSSR count). The molecule has 0 aliphatic heterocycles. The molecule has 106 valence electrons. The number of hydrogen-bond donors (Lipinski definition) is 1. The van der Waals surface area contributed by atoms with Crippen molar-refractivity contribution in [2.45, 2.75) is 19.9 Å². The summed E-state index contributed by atoms with van der Waals surface area (Å²) in [5.41, 5.74) is 5.08. The van der Waals surface area contributed by atoms with Gasteiger partial charge in [-0.2, -0.15) is 0 Å². The van der Waals surface area contributed by atoms with Gasteiger partial charge in [-0.15, -0.1) is 0 Å². The van der Waals surface area contributed by atoms with Gasteiger partial charge in [0.25, 0.3) is 0 Å². The van der Waals surface area contributed by atoms with E-state index in [0.717, 1.165) is 25.0 Å². The fourth-order valence-corrected chi connectivity index (χ4v) is 2.65. The largest absolute Gasteiger partial charge is 0.312 e. The molecule has 0 unspecified atom stereocenters. The Balaban J connectivity index is 1.60. The van der Waals surface area contributed by atoms with E-state index in [4.69, 9.17) is 0 Å².